The van der Waals surface area contributed by atoms with Crippen molar-refractivity contribution in [2.45, 2.75) is 13.5 Å². The van der Waals surface area contributed by atoms with Gasteiger partial charge in [-0.2, -0.15) is 0 Å². The SMILES string of the molecule is CCNC(=O)CN1CCN(Cc2ccccc2F)C1=O. The summed E-state index contributed by atoms with van der Waals surface area (Å²) in [6.45, 7) is 3.66. The van der Waals surface area contributed by atoms with Gasteiger partial charge in [-0.15, -0.1) is 0 Å². The maximum atomic E-state index is 13.6. The molecule has 0 bridgehead atoms. The monoisotopic (exact) mass is 279 g/mol. The zero-order valence-electron chi connectivity index (χ0n) is 11.4. The van der Waals surface area contributed by atoms with Crippen molar-refractivity contribution in [2.75, 3.05) is 26.2 Å². The highest BCUT2D eigenvalue weighted by molar-refractivity contribution is 5.85. The summed E-state index contributed by atoms with van der Waals surface area (Å²) in [5.74, 6) is -0.490. The number of hydrogen-bond acceptors (Lipinski definition) is 2. The van der Waals surface area contributed by atoms with Gasteiger partial charge >= 0.3 is 6.03 Å². The van der Waals surface area contributed by atoms with Gasteiger partial charge in [-0.3, -0.25) is 4.79 Å². The minimum absolute atomic E-state index is 0.0560. The first-order chi connectivity index (χ1) is 9.61. The molecule has 0 spiro atoms. The summed E-state index contributed by atoms with van der Waals surface area (Å²) in [5.41, 5.74) is 0.487. The Morgan fingerprint density at radius 3 is 2.70 bits per heavy atom. The van der Waals surface area contributed by atoms with Crippen LogP contribution in [0.2, 0.25) is 0 Å². The molecule has 1 aromatic rings. The second kappa shape index (κ2) is 6.36. The zero-order chi connectivity index (χ0) is 14.5. The fourth-order valence-electron chi connectivity index (χ4n) is 2.18. The van der Waals surface area contributed by atoms with Gasteiger partial charge in [0.05, 0.1) is 6.54 Å². The Labute approximate surface area is 117 Å². The van der Waals surface area contributed by atoms with Crippen LogP contribution in [0.4, 0.5) is 9.18 Å². The number of urea groups is 1. The Kier molecular flexibility index (Phi) is 4.55. The van der Waals surface area contributed by atoms with Crippen LogP contribution in [0.25, 0.3) is 0 Å². The van der Waals surface area contributed by atoms with E-state index in [1.807, 2.05) is 6.92 Å². The predicted molar refractivity (Wildman–Crippen MR) is 72.5 cm³/mol. The fourth-order valence-corrected chi connectivity index (χ4v) is 2.18. The van der Waals surface area contributed by atoms with Crippen molar-refractivity contribution in [2.24, 2.45) is 0 Å². The largest absolute Gasteiger partial charge is 0.355 e. The molecule has 1 aliphatic rings. The predicted octanol–water partition coefficient (Wildman–Crippen LogP) is 1.20. The third kappa shape index (κ3) is 3.26. The summed E-state index contributed by atoms with van der Waals surface area (Å²) in [4.78, 5) is 26.6. The van der Waals surface area contributed by atoms with E-state index in [4.69, 9.17) is 0 Å². The third-order valence-electron chi connectivity index (χ3n) is 3.21. The summed E-state index contributed by atoms with van der Waals surface area (Å²) >= 11 is 0. The van der Waals surface area contributed by atoms with E-state index in [1.165, 1.54) is 11.0 Å². The van der Waals surface area contributed by atoms with E-state index in [9.17, 15) is 14.0 Å². The zero-order valence-corrected chi connectivity index (χ0v) is 11.4. The number of carbonyl (C=O) groups excluding carboxylic acids is 2. The number of halogens is 1. The van der Waals surface area contributed by atoms with Crippen LogP contribution in [0.5, 0.6) is 0 Å². The molecule has 3 amide bonds. The van der Waals surface area contributed by atoms with Crippen molar-refractivity contribution in [3.05, 3.63) is 35.6 Å². The van der Waals surface area contributed by atoms with Gasteiger partial charge in [-0.25, -0.2) is 9.18 Å². The van der Waals surface area contributed by atoms with Gasteiger partial charge in [-0.05, 0) is 13.0 Å². The Hall–Kier alpha value is -2.11. The molecule has 5 nitrogen and oxygen atoms in total. The minimum Gasteiger partial charge on any atom is -0.355 e. The van der Waals surface area contributed by atoms with Gasteiger partial charge < -0.3 is 15.1 Å². The molecule has 1 heterocycles. The van der Waals surface area contributed by atoms with Crippen LogP contribution in [-0.2, 0) is 11.3 Å². The first-order valence-corrected chi connectivity index (χ1v) is 6.65. The lowest BCUT2D eigenvalue weighted by atomic mass is 10.2. The van der Waals surface area contributed by atoms with Crippen LogP contribution in [0.15, 0.2) is 24.3 Å². The van der Waals surface area contributed by atoms with Crippen molar-refractivity contribution in [3.63, 3.8) is 0 Å². The van der Waals surface area contributed by atoms with Gasteiger partial charge in [0.1, 0.15) is 12.4 Å². The molecule has 108 valence electrons. The van der Waals surface area contributed by atoms with Crippen molar-refractivity contribution in [1.82, 2.24) is 15.1 Å². The number of likely N-dealkylation sites (N-methyl/N-ethyl adjacent to an activating group) is 1. The molecule has 0 saturated carbocycles. The summed E-state index contributed by atoms with van der Waals surface area (Å²) < 4.78 is 13.6. The molecule has 1 aromatic carbocycles. The summed E-state index contributed by atoms with van der Waals surface area (Å²) in [7, 11) is 0. The van der Waals surface area contributed by atoms with Crippen molar-refractivity contribution < 1.29 is 14.0 Å². The summed E-state index contributed by atoms with van der Waals surface area (Å²) in [6.07, 6.45) is 0. The van der Waals surface area contributed by atoms with E-state index >= 15 is 0 Å². The number of carbonyl (C=O) groups is 2. The molecule has 0 aliphatic carbocycles. The molecule has 1 saturated heterocycles. The fraction of sp³-hybridized carbons (Fsp3) is 0.429. The lowest BCUT2D eigenvalue weighted by Crippen LogP contribution is -2.39. The van der Waals surface area contributed by atoms with E-state index in [0.29, 0.717) is 25.2 Å². The van der Waals surface area contributed by atoms with Gasteiger partial charge in [0.25, 0.3) is 0 Å². The molecule has 0 atom stereocenters. The van der Waals surface area contributed by atoms with Crippen LogP contribution in [0.1, 0.15) is 12.5 Å². The highest BCUT2D eigenvalue weighted by atomic mass is 19.1. The van der Waals surface area contributed by atoms with E-state index in [2.05, 4.69) is 5.32 Å². The van der Waals surface area contributed by atoms with Crippen LogP contribution in [-0.4, -0.2) is 47.9 Å². The number of benzene rings is 1. The second-order valence-electron chi connectivity index (χ2n) is 4.67. The van der Waals surface area contributed by atoms with E-state index in [0.717, 1.165) is 0 Å². The minimum atomic E-state index is -0.317. The van der Waals surface area contributed by atoms with Crippen LogP contribution >= 0.6 is 0 Å². The third-order valence-corrected chi connectivity index (χ3v) is 3.21. The van der Waals surface area contributed by atoms with Crippen LogP contribution in [0, 0.1) is 5.82 Å². The molecule has 1 aliphatic heterocycles. The van der Waals surface area contributed by atoms with Gasteiger partial charge in [0.2, 0.25) is 5.91 Å². The van der Waals surface area contributed by atoms with Crippen LogP contribution < -0.4 is 5.32 Å². The number of nitrogens with zero attached hydrogens (tertiary/aromatic N) is 2. The molecule has 20 heavy (non-hydrogen) atoms. The number of nitrogens with one attached hydrogen (secondary N) is 1. The Morgan fingerprint density at radius 2 is 2.00 bits per heavy atom. The first kappa shape index (κ1) is 14.3. The Bertz CT molecular complexity index is 507. The lowest BCUT2D eigenvalue weighted by Gasteiger charge is -2.18. The average molecular weight is 279 g/mol. The van der Waals surface area contributed by atoms with Crippen molar-refractivity contribution in [1.29, 1.82) is 0 Å². The average Bonchev–Trinajstić information content (AvgIpc) is 2.74. The molecule has 1 N–H and O–H groups in total. The van der Waals surface area contributed by atoms with Gasteiger partial charge in [0.15, 0.2) is 0 Å². The summed E-state index contributed by atoms with van der Waals surface area (Å²) in [5, 5.41) is 2.66. The number of hydrogen-bond donors (Lipinski definition) is 1. The highest BCUT2D eigenvalue weighted by Crippen LogP contribution is 2.15. The van der Waals surface area contributed by atoms with Crippen molar-refractivity contribution >= 4 is 11.9 Å². The topological polar surface area (TPSA) is 52.7 Å². The molecule has 0 radical (unpaired) electrons. The smallest absolute Gasteiger partial charge is 0.320 e. The number of amides is 3. The summed E-state index contributed by atoms with van der Waals surface area (Å²) in [6, 6.07) is 6.17. The Balaban J connectivity index is 1.94. The quantitative estimate of drug-likeness (QED) is 0.880. The molecule has 2 rings (SSSR count). The second-order valence-corrected chi connectivity index (χ2v) is 4.67. The van der Waals surface area contributed by atoms with E-state index < -0.39 is 0 Å². The van der Waals surface area contributed by atoms with Crippen molar-refractivity contribution in [3.8, 4) is 0 Å². The first-order valence-electron chi connectivity index (χ1n) is 6.65. The normalized spacial score (nSPS) is 14.8. The molecule has 0 unspecified atom stereocenters. The van der Waals surface area contributed by atoms with E-state index in [-0.39, 0.29) is 30.8 Å². The lowest BCUT2D eigenvalue weighted by molar-refractivity contribution is -0.121. The molecule has 0 aromatic heterocycles. The van der Waals surface area contributed by atoms with Crippen LogP contribution in [0.3, 0.4) is 0 Å². The van der Waals surface area contributed by atoms with E-state index in [1.54, 1.807) is 23.1 Å². The molecule has 6 heteroatoms. The molecular weight excluding hydrogens is 261 g/mol. The maximum Gasteiger partial charge on any atom is 0.320 e. The molecular formula is C14H18FN3O2. The van der Waals surface area contributed by atoms with Gasteiger partial charge in [0, 0.05) is 25.2 Å². The standard InChI is InChI=1S/C14H18FN3O2/c1-2-16-13(19)10-18-8-7-17(14(18)20)9-11-5-3-4-6-12(11)15/h3-6H,2,7-10H2,1H3,(H,16,19). The highest BCUT2D eigenvalue weighted by Gasteiger charge is 2.29. The van der Waals surface area contributed by atoms with Gasteiger partial charge in [-0.1, -0.05) is 18.2 Å². The number of rotatable bonds is 5. The maximum absolute atomic E-state index is 13.6. The molecule has 1 fully saturated rings. The Morgan fingerprint density at radius 1 is 1.30 bits per heavy atom.